The van der Waals surface area contributed by atoms with Gasteiger partial charge in [0.05, 0.1) is 37.9 Å². The highest BCUT2D eigenvalue weighted by Crippen LogP contribution is 2.61. The van der Waals surface area contributed by atoms with Crippen molar-refractivity contribution in [3.05, 3.63) is 12.7 Å². The fraction of sp³-hybridized carbons (Fsp3) is 0.818. The first-order valence-corrected chi connectivity index (χ1v) is 30.9. The molecule has 2 unspecified atom stereocenters. The Balaban J connectivity index is 1.000. The normalized spacial score (nSPS) is 24.7. The number of aliphatic hydroxyl groups is 4. The predicted octanol–water partition coefficient (Wildman–Crippen LogP) is 3.39. The largest absolute Gasteiger partial charge is 0.481 e. The Morgan fingerprint density at radius 1 is 0.855 bits per heavy atom. The lowest BCUT2D eigenvalue weighted by atomic mass is 9.87. The van der Waals surface area contributed by atoms with Gasteiger partial charge in [0.1, 0.15) is 42.4 Å². The molecule has 12 atom stereocenters. The summed E-state index contributed by atoms with van der Waals surface area (Å²) in [4.78, 5) is 88.6. The van der Waals surface area contributed by atoms with Gasteiger partial charge in [0.15, 0.2) is 29.1 Å². The van der Waals surface area contributed by atoms with E-state index in [1.807, 2.05) is 6.92 Å². The second-order valence-corrected chi connectivity index (χ2v) is 25.0. The summed E-state index contributed by atoms with van der Waals surface area (Å²) in [6, 6.07) is 0. The molecule has 32 heteroatoms. The minimum atomic E-state index is -5.59. The molecule has 0 radical (unpaired) electrons. The van der Waals surface area contributed by atoms with Crippen LogP contribution in [0.5, 0.6) is 0 Å². The van der Waals surface area contributed by atoms with Crippen LogP contribution in [0.1, 0.15) is 137 Å². The third-order valence-electron chi connectivity index (χ3n) is 12.6. The van der Waals surface area contributed by atoms with Crippen LogP contribution in [0.15, 0.2) is 12.7 Å². The number of hydrogen-bond donors (Lipinski definition) is 11. The number of nitrogens with two attached hydrogens (primary N) is 1. The minimum absolute atomic E-state index is 0.0216. The number of amides is 2. The van der Waals surface area contributed by atoms with Crippen molar-refractivity contribution in [1.82, 2.24) is 30.2 Å². The van der Waals surface area contributed by atoms with Gasteiger partial charge in [-0.05, 0) is 26.7 Å². The van der Waals surface area contributed by atoms with Crippen molar-refractivity contribution < 1.29 is 100 Å². The van der Waals surface area contributed by atoms with Crippen LogP contribution in [0.4, 0.5) is 5.82 Å². The molecule has 4 rings (SSSR count). The zero-order chi connectivity index (χ0) is 56.3. The molecule has 12 N–H and O–H groups in total. The molecular weight excluding hydrogens is 1090 g/mol. The lowest BCUT2D eigenvalue weighted by Crippen LogP contribution is -2.48. The Bertz CT molecular complexity index is 2280. The lowest BCUT2D eigenvalue weighted by Gasteiger charge is -2.36. The Labute approximate surface area is 445 Å². The number of hydrogen-bond acceptors (Lipinski definition) is 22. The monoisotopic (exact) mass is 1170 g/mol. The maximum absolute atomic E-state index is 12.8. The van der Waals surface area contributed by atoms with Gasteiger partial charge in [-0.3, -0.25) is 32.5 Å². The molecule has 2 fully saturated rings. The van der Waals surface area contributed by atoms with E-state index in [9.17, 15) is 68.1 Å². The van der Waals surface area contributed by atoms with Crippen LogP contribution >= 0.6 is 35.2 Å². The third kappa shape index (κ3) is 22.9. The van der Waals surface area contributed by atoms with Crippen molar-refractivity contribution in [2.45, 2.75) is 192 Å². The second kappa shape index (κ2) is 31.4. The van der Waals surface area contributed by atoms with Crippen LogP contribution in [0.25, 0.3) is 11.2 Å². The number of imidazole rings is 1. The van der Waals surface area contributed by atoms with Crippen LogP contribution in [0.3, 0.4) is 0 Å². The molecule has 28 nitrogen and oxygen atoms in total. The fourth-order valence-corrected chi connectivity index (χ4v) is 11.7. The van der Waals surface area contributed by atoms with Crippen molar-refractivity contribution in [2.24, 2.45) is 5.41 Å². The van der Waals surface area contributed by atoms with E-state index in [0.717, 1.165) is 73.9 Å². The van der Waals surface area contributed by atoms with Crippen molar-refractivity contribution in [3.8, 4) is 0 Å². The van der Waals surface area contributed by atoms with Crippen LogP contribution in [0.2, 0.25) is 0 Å². The molecular formula is C44H78N7O21P3S. The number of nitrogens with zero attached hydrogens (tertiary/aromatic N) is 4. The molecule has 0 aliphatic carbocycles. The molecule has 436 valence electrons. The molecule has 2 aliphatic rings. The number of ether oxygens (including phenoxy) is 3. The number of aromatic nitrogens is 4. The van der Waals surface area contributed by atoms with Gasteiger partial charge in [0.25, 0.3) is 0 Å². The molecule has 0 bridgehead atoms. The first-order chi connectivity index (χ1) is 35.7. The molecule has 0 aromatic carbocycles. The highest BCUT2D eigenvalue weighted by molar-refractivity contribution is 8.13. The number of rotatable bonds is 36. The first-order valence-electron chi connectivity index (χ1n) is 25.4. The maximum Gasteiger partial charge on any atom is 0.481 e. The number of phosphoric ester groups is 3. The molecule has 0 saturated carbocycles. The lowest BCUT2D eigenvalue weighted by molar-refractivity contribution is -0.273. The van der Waals surface area contributed by atoms with E-state index in [4.69, 9.17) is 29.0 Å². The molecule has 0 spiro atoms. The highest BCUT2D eigenvalue weighted by Gasteiger charge is 2.50. The standard InChI is InChI=1S/C44H78N7O21P3S/c1-28(68-43-31(53)23-30(52)29(2)69-43)17-15-13-11-9-7-5-6-8-10-12-14-16-18-34(55)76-22-21-46-33(54)19-20-47-41(58)38(57)44(3,4)25-67-75(64,65)72-74(62,63)66-24-32-37(71-73(59,60)61)36(56)42(70-32)51-27-50-35-39(45)48-26-49-40(35)51/h26-32,36-38,42-43,52-53,56-57H,5-25H2,1-4H3,(H,46,54)(H,47,58)(H,62,63)(H,64,65)(H2,45,48,49)(H2,59,60,61)/t28-,29+,30-,31-,32-,36-,37-,38+,42-,43-/m1/s1. The number of anilines is 1. The van der Waals surface area contributed by atoms with Gasteiger partial charge in [0.2, 0.25) is 11.8 Å². The van der Waals surface area contributed by atoms with Crippen LogP contribution in [-0.4, -0.2) is 164 Å². The number of fused-ring (bicyclic) bond motifs is 1. The van der Waals surface area contributed by atoms with Gasteiger partial charge in [-0.2, -0.15) is 4.31 Å². The quantitative estimate of drug-likeness (QED) is 0.0344. The molecule has 2 aliphatic heterocycles. The van der Waals surface area contributed by atoms with Gasteiger partial charge in [0, 0.05) is 43.5 Å². The maximum atomic E-state index is 12.8. The predicted molar refractivity (Wildman–Crippen MR) is 273 cm³/mol. The Morgan fingerprint density at radius 2 is 1.47 bits per heavy atom. The SMILES string of the molecule is C[C@H](CCCCCCCCCCCCCCC(=O)SCCNC(=O)CCNC(=O)[C@H](O)C(C)(C)COP(=O)(O)OP(=O)(O)OC[C@H]1O[C@@H](n2cnc3c(N)ncnc32)[C@H](O)[C@@H]1OP(=O)(O)O)O[C@@H]1O[C@@H](C)[C@H](O)C[C@H]1O. The second-order valence-electron chi connectivity index (χ2n) is 19.6. The van der Waals surface area contributed by atoms with Gasteiger partial charge < -0.3 is 70.6 Å². The zero-order valence-electron chi connectivity index (χ0n) is 43.3. The van der Waals surface area contributed by atoms with Crippen molar-refractivity contribution in [2.75, 3.05) is 37.8 Å². The third-order valence-corrected chi connectivity index (χ3v) is 16.6. The first kappa shape index (κ1) is 65.9. The summed E-state index contributed by atoms with van der Waals surface area (Å²) in [6.07, 6.45) is 5.45. The van der Waals surface area contributed by atoms with E-state index in [1.165, 1.54) is 52.4 Å². The van der Waals surface area contributed by atoms with Gasteiger partial charge in [-0.15, -0.1) is 0 Å². The van der Waals surface area contributed by atoms with Crippen LogP contribution < -0.4 is 16.4 Å². The molecule has 2 amide bonds. The van der Waals surface area contributed by atoms with Gasteiger partial charge in [-0.1, -0.05) is 96.2 Å². The van der Waals surface area contributed by atoms with E-state index < -0.39 is 103 Å². The van der Waals surface area contributed by atoms with Crippen LogP contribution in [0, 0.1) is 5.41 Å². The van der Waals surface area contributed by atoms with Crippen molar-refractivity contribution >= 4 is 69.1 Å². The Hall–Kier alpha value is -2.60. The van der Waals surface area contributed by atoms with E-state index in [2.05, 4.69) is 34.4 Å². The summed E-state index contributed by atoms with van der Waals surface area (Å²) in [7, 11) is -16.4. The number of nitrogen functional groups attached to an aromatic ring is 1. The molecule has 2 aromatic rings. The average molecular weight is 1170 g/mol. The number of thioether (sulfide) groups is 1. The molecule has 2 aromatic heterocycles. The van der Waals surface area contributed by atoms with Crippen molar-refractivity contribution in [3.63, 3.8) is 0 Å². The topological polar surface area (TPSA) is 423 Å². The number of aliphatic hydroxyl groups excluding tert-OH is 4. The van der Waals surface area contributed by atoms with E-state index in [1.54, 1.807) is 6.92 Å². The molecule has 2 saturated heterocycles. The number of unbranched alkanes of at least 4 members (excludes halogenated alkanes) is 11. The number of nitrogens with one attached hydrogen (secondary N) is 2. The fourth-order valence-electron chi connectivity index (χ4n) is 8.20. The van der Waals surface area contributed by atoms with E-state index >= 15 is 0 Å². The number of phosphoric acid groups is 3. The smallest absolute Gasteiger partial charge is 0.390 e. The minimum Gasteiger partial charge on any atom is -0.390 e. The summed E-state index contributed by atoms with van der Waals surface area (Å²) in [6.45, 7) is 4.27. The summed E-state index contributed by atoms with van der Waals surface area (Å²) in [5.41, 5.74) is 4.27. The van der Waals surface area contributed by atoms with Crippen molar-refractivity contribution in [1.29, 1.82) is 0 Å². The summed E-state index contributed by atoms with van der Waals surface area (Å²) < 4.78 is 74.0. The molecule has 4 heterocycles. The Kier molecular flexibility index (Phi) is 27.2. The van der Waals surface area contributed by atoms with E-state index in [0.29, 0.717) is 12.2 Å². The zero-order valence-corrected chi connectivity index (χ0v) is 46.8. The average Bonchev–Trinajstić information content (AvgIpc) is 3.90. The van der Waals surface area contributed by atoms with Gasteiger partial charge >= 0.3 is 23.5 Å². The summed E-state index contributed by atoms with van der Waals surface area (Å²) in [5.74, 6) is -1.08. The summed E-state index contributed by atoms with van der Waals surface area (Å²) in [5, 5.41) is 46.6. The number of carbonyl (C=O) groups excluding carboxylic acids is 3. The van der Waals surface area contributed by atoms with Crippen LogP contribution in [-0.2, 0) is 60.2 Å². The Morgan fingerprint density at radius 3 is 2.12 bits per heavy atom. The molecule has 76 heavy (non-hydrogen) atoms. The van der Waals surface area contributed by atoms with E-state index in [-0.39, 0.29) is 60.2 Å². The summed E-state index contributed by atoms with van der Waals surface area (Å²) >= 11 is 1.13. The van der Waals surface area contributed by atoms with Gasteiger partial charge in [-0.25, -0.2) is 28.6 Å². The highest BCUT2D eigenvalue weighted by atomic mass is 32.2. The number of carbonyl (C=O) groups is 3.